The number of H-pyrrole nitrogens is 1. The number of aldehydes is 1. The molecule has 0 atom stereocenters. The largest absolute Gasteiger partial charge is 0.471 e. The third-order valence-corrected chi connectivity index (χ3v) is 5.35. The molecule has 1 aromatic carbocycles. The Morgan fingerprint density at radius 3 is 2.23 bits per heavy atom. The third kappa shape index (κ3) is 11.7. The van der Waals surface area contributed by atoms with Gasteiger partial charge in [-0.2, -0.15) is 9.97 Å². The lowest BCUT2D eigenvalue weighted by molar-refractivity contribution is -0.121. The molecule has 3 aromatic rings. The number of nitrogens with two attached hydrogens (primary N) is 1. The van der Waals surface area contributed by atoms with E-state index in [1.165, 1.54) is 6.33 Å². The number of rotatable bonds is 21. The first-order valence-corrected chi connectivity index (χ1v) is 12.8. The number of amides is 1. The van der Waals surface area contributed by atoms with Crippen molar-refractivity contribution >= 4 is 29.3 Å². The molecule has 0 fully saturated rings. The van der Waals surface area contributed by atoms with E-state index in [4.69, 9.17) is 29.4 Å². The highest BCUT2D eigenvalue weighted by Crippen LogP contribution is 2.21. The Hall–Kier alpha value is -3.65. The molecule has 2 heterocycles. The zero-order valence-corrected chi connectivity index (χ0v) is 21.9. The molecule has 0 bridgehead atoms. The molecule has 0 radical (unpaired) electrons. The van der Waals surface area contributed by atoms with Gasteiger partial charge in [-0.15, -0.1) is 0 Å². The van der Waals surface area contributed by atoms with Crippen LogP contribution in [0.1, 0.15) is 30.4 Å². The predicted octanol–water partition coefficient (Wildman–Crippen LogP) is 1.57. The van der Waals surface area contributed by atoms with E-state index in [0.29, 0.717) is 102 Å². The Labute approximate surface area is 226 Å². The van der Waals surface area contributed by atoms with Gasteiger partial charge in [0.2, 0.25) is 17.7 Å². The smallest absolute Gasteiger partial charge is 0.245 e. The fraction of sp³-hybridized carbons (Fsp3) is 0.500. The highest BCUT2D eigenvalue weighted by Gasteiger charge is 2.10. The summed E-state index contributed by atoms with van der Waals surface area (Å²) in [7, 11) is 0. The van der Waals surface area contributed by atoms with Crippen molar-refractivity contribution in [1.29, 1.82) is 0 Å². The maximum Gasteiger partial charge on any atom is 0.245 e. The lowest BCUT2D eigenvalue weighted by Crippen LogP contribution is -2.27. The molecule has 212 valence electrons. The number of carbonyl (C=O) groups excluding carboxylic acids is 2. The van der Waals surface area contributed by atoms with Crippen LogP contribution in [0.15, 0.2) is 30.6 Å². The van der Waals surface area contributed by atoms with Crippen LogP contribution in [0.5, 0.6) is 5.88 Å². The van der Waals surface area contributed by atoms with Gasteiger partial charge < -0.3 is 44.5 Å². The summed E-state index contributed by atoms with van der Waals surface area (Å²) < 4.78 is 27.8. The number of benzene rings is 1. The molecule has 39 heavy (non-hydrogen) atoms. The number of ether oxygens (including phenoxy) is 5. The molecule has 0 aliphatic carbocycles. The molecule has 0 aliphatic rings. The molecule has 3 rings (SSSR count). The van der Waals surface area contributed by atoms with Crippen LogP contribution in [0.2, 0.25) is 0 Å². The number of imidazole rings is 1. The molecular formula is C26H36N6O7. The van der Waals surface area contributed by atoms with Gasteiger partial charge in [-0.1, -0.05) is 24.3 Å². The number of unbranched alkanes of at least 4 members (excludes halogenated alkanes) is 1. The van der Waals surface area contributed by atoms with Crippen LogP contribution in [0, 0.1) is 0 Å². The van der Waals surface area contributed by atoms with Crippen molar-refractivity contribution in [2.75, 3.05) is 58.5 Å². The van der Waals surface area contributed by atoms with Gasteiger partial charge in [-0.05, 0) is 17.5 Å². The Morgan fingerprint density at radius 2 is 1.54 bits per heavy atom. The van der Waals surface area contributed by atoms with Crippen molar-refractivity contribution in [3.8, 4) is 5.88 Å². The van der Waals surface area contributed by atoms with E-state index < -0.39 is 0 Å². The van der Waals surface area contributed by atoms with Crippen LogP contribution in [0.25, 0.3) is 11.2 Å². The minimum Gasteiger partial charge on any atom is -0.471 e. The number of anilines is 1. The van der Waals surface area contributed by atoms with Gasteiger partial charge in [0.25, 0.3) is 0 Å². The van der Waals surface area contributed by atoms with E-state index >= 15 is 0 Å². The molecule has 0 spiro atoms. The fourth-order valence-corrected chi connectivity index (χ4v) is 3.36. The molecule has 4 N–H and O–H groups in total. The van der Waals surface area contributed by atoms with Gasteiger partial charge >= 0.3 is 0 Å². The highest BCUT2D eigenvalue weighted by molar-refractivity contribution is 5.76. The minimum absolute atomic E-state index is 0.0694. The Balaban J connectivity index is 1.13. The van der Waals surface area contributed by atoms with Crippen molar-refractivity contribution in [3.05, 3.63) is 41.7 Å². The lowest BCUT2D eigenvalue weighted by atomic mass is 10.1. The normalized spacial score (nSPS) is 11.1. The molecule has 0 saturated heterocycles. The van der Waals surface area contributed by atoms with E-state index in [2.05, 4.69) is 25.3 Å². The minimum atomic E-state index is -0.0694. The van der Waals surface area contributed by atoms with E-state index in [-0.39, 0.29) is 11.9 Å². The van der Waals surface area contributed by atoms with Gasteiger partial charge in [0.15, 0.2) is 5.65 Å². The lowest BCUT2D eigenvalue weighted by Gasteiger charge is -2.09. The molecule has 0 unspecified atom stereocenters. The Bertz CT molecular complexity index is 1130. The SMILES string of the molecule is Nc1nc(OCc2ccc(COCCOCCOCCOCCNC(=O)CCCC=O)cc2)c2[nH]cnc2n1. The maximum atomic E-state index is 11.5. The summed E-state index contributed by atoms with van der Waals surface area (Å²) in [5, 5.41) is 2.74. The quantitative estimate of drug-likeness (QED) is 0.131. The predicted molar refractivity (Wildman–Crippen MR) is 142 cm³/mol. The number of aromatic nitrogens is 4. The topological polar surface area (TPSA) is 173 Å². The number of carbonyl (C=O) groups is 2. The van der Waals surface area contributed by atoms with Crippen LogP contribution in [0.3, 0.4) is 0 Å². The summed E-state index contributed by atoms with van der Waals surface area (Å²) in [6.07, 6.45) is 3.67. The second-order valence-corrected chi connectivity index (χ2v) is 8.39. The Kier molecular flexibility index (Phi) is 13.6. The van der Waals surface area contributed by atoms with Crippen LogP contribution in [-0.2, 0) is 41.8 Å². The zero-order chi connectivity index (χ0) is 27.5. The van der Waals surface area contributed by atoms with E-state index in [9.17, 15) is 9.59 Å². The zero-order valence-electron chi connectivity index (χ0n) is 21.9. The number of nitrogens with one attached hydrogen (secondary N) is 2. The molecule has 1 amide bonds. The highest BCUT2D eigenvalue weighted by atomic mass is 16.6. The number of hydrogen-bond donors (Lipinski definition) is 3. The molecule has 13 nitrogen and oxygen atoms in total. The first-order valence-electron chi connectivity index (χ1n) is 12.8. The van der Waals surface area contributed by atoms with E-state index in [1.54, 1.807) is 0 Å². The summed E-state index contributed by atoms with van der Waals surface area (Å²) in [6, 6.07) is 7.91. The van der Waals surface area contributed by atoms with Crippen LogP contribution >= 0.6 is 0 Å². The first kappa shape index (κ1) is 29.9. The fourth-order valence-electron chi connectivity index (χ4n) is 3.36. The summed E-state index contributed by atoms with van der Waals surface area (Å²) in [4.78, 5) is 36.9. The van der Waals surface area contributed by atoms with Crippen molar-refractivity contribution < 1.29 is 33.3 Å². The average molecular weight is 545 g/mol. The monoisotopic (exact) mass is 544 g/mol. The number of fused-ring (bicyclic) bond motifs is 1. The van der Waals surface area contributed by atoms with Gasteiger partial charge in [-0.3, -0.25) is 4.79 Å². The molecular weight excluding hydrogens is 508 g/mol. The molecule has 0 aliphatic heterocycles. The maximum absolute atomic E-state index is 11.5. The van der Waals surface area contributed by atoms with Gasteiger partial charge in [0.1, 0.15) is 18.4 Å². The summed E-state index contributed by atoms with van der Waals surface area (Å²) in [5.74, 6) is 0.405. The van der Waals surface area contributed by atoms with Gasteiger partial charge in [0, 0.05) is 19.4 Å². The summed E-state index contributed by atoms with van der Waals surface area (Å²) in [5.41, 5.74) is 8.80. The Morgan fingerprint density at radius 1 is 0.897 bits per heavy atom. The van der Waals surface area contributed by atoms with Crippen LogP contribution in [0.4, 0.5) is 5.95 Å². The number of hydrogen-bond acceptors (Lipinski definition) is 11. The van der Waals surface area contributed by atoms with Crippen molar-refractivity contribution in [3.63, 3.8) is 0 Å². The second-order valence-electron chi connectivity index (χ2n) is 8.39. The van der Waals surface area contributed by atoms with Gasteiger partial charge in [-0.25, -0.2) is 4.98 Å². The molecule has 0 saturated carbocycles. The average Bonchev–Trinajstić information content (AvgIpc) is 3.41. The third-order valence-electron chi connectivity index (χ3n) is 5.35. The van der Waals surface area contributed by atoms with Crippen molar-refractivity contribution in [2.24, 2.45) is 0 Å². The number of aromatic amines is 1. The molecule has 13 heteroatoms. The molecule has 2 aromatic heterocycles. The van der Waals surface area contributed by atoms with Crippen LogP contribution in [-0.4, -0.2) is 84.9 Å². The summed E-state index contributed by atoms with van der Waals surface area (Å²) >= 11 is 0. The number of nitrogens with zero attached hydrogens (tertiary/aromatic N) is 3. The van der Waals surface area contributed by atoms with Crippen LogP contribution < -0.4 is 15.8 Å². The number of nitrogen functional groups attached to an aromatic ring is 1. The van der Waals surface area contributed by atoms with E-state index in [1.807, 2.05) is 24.3 Å². The van der Waals surface area contributed by atoms with Crippen molar-refractivity contribution in [1.82, 2.24) is 25.3 Å². The van der Waals surface area contributed by atoms with E-state index in [0.717, 1.165) is 17.4 Å². The van der Waals surface area contributed by atoms with Gasteiger partial charge in [0.05, 0.1) is 59.2 Å². The van der Waals surface area contributed by atoms with Crippen molar-refractivity contribution in [2.45, 2.75) is 32.5 Å². The standard InChI is InChI=1S/C26H36N6O7/c27-26-31-24-23(29-19-30-24)25(32-26)39-18-21-6-4-20(5-7-21)17-38-16-15-37-14-13-36-12-11-35-10-8-28-22(34)3-1-2-9-33/h4-7,9,19H,1-3,8,10-18H2,(H,28,34)(H3,27,29,30,31,32). The first-order chi connectivity index (χ1) is 19.2. The second kappa shape index (κ2) is 17.8. The summed E-state index contributed by atoms with van der Waals surface area (Å²) in [6.45, 7) is 4.45.